The average Bonchev–Trinajstić information content (AvgIpc) is 2.45. The van der Waals surface area contributed by atoms with Gasteiger partial charge in [0.1, 0.15) is 5.92 Å². The van der Waals surface area contributed by atoms with Crippen molar-refractivity contribution in [3.63, 3.8) is 0 Å². The SMILES string of the molecule is Cc1ncc(C(CC(=O)O)C(F)(F)F)s1. The lowest BCUT2D eigenvalue weighted by molar-refractivity contribution is -0.162. The topological polar surface area (TPSA) is 50.2 Å². The number of aryl methyl sites for hydroxylation is 1. The van der Waals surface area contributed by atoms with Gasteiger partial charge in [0.25, 0.3) is 0 Å². The van der Waals surface area contributed by atoms with Gasteiger partial charge in [-0.2, -0.15) is 13.2 Å². The molecule has 1 heterocycles. The fraction of sp³-hybridized carbons (Fsp3) is 0.500. The maximum atomic E-state index is 12.5. The second-order valence-electron chi connectivity index (χ2n) is 2.97. The molecule has 0 saturated carbocycles. The predicted octanol–water partition coefficient (Wildman–Crippen LogP) is 2.57. The molecule has 7 heteroatoms. The molecule has 0 saturated heterocycles. The summed E-state index contributed by atoms with van der Waals surface area (Å²) in [5, 5.41) is 8.89. The normalized spacial score (nSPS) is 13.9. The summed E-state index contributed by atoms with van der Waals surface area (Å²) in [4.78, 5) is 14.0. The molecule has 1 rings (SSSR count). The van der Waals surface area contributed by atoms with E-state index in [2.05, 4.69) is 4.98 Å². The quantitative estimate of drug-likeness (QED) is 0.881. The number of alkyl halides is 3. The third-order valence-electron chi connectivity index (χ3n) is 1.76. The molecule has 1 aromatic heterocycles. The molecule has 0 aliphatic rings. The lowest BCUT2D eigenvalue weighted by Gasteiger charge is -2.16. The highest BCUT2D eigenvalue weighted by Crippen LogP contribution is 2.39. The maximum Gasteiger partial charge on any atom is 0.397 e. The molecule has 0 radical (unpaired) electrons. The molecule has 1 atom stereocenters. The predicted molar refractivity (Wildman–Crippen MR) is 47.9 cm³/mol. The van der Waals surface area contributed by atoms with E-state index in [0.29, 0.717) is 5.01 Å². The fourth-order valence-electron chi connectivity index (χ4n) is 1.09. The van der Waals surface area contributed by atoms with Crippen LogP contribution in [0.5, 0.6) is 0 Å². The summed E-state index contributed by atoms with van der Waals surface area (Å²) in [7, 11) is 0. The highest BCUT2D eigenvalue weighted by atomic mass is 32.1. The molecule has 0 spiro atoms. The lowest BCUT2D eigenvalue weighted by Crippen LogP contribution is -2.22. The molecule has 0 aliphatic carbocycles. The Labute approximate surface area is 87.6 Å². The molecule has 84 valence electrons. The van der Waals surface area contributed by atoms with E-state index in [9.17, 15) is 18.0 Å². The van der Waals surface area contributed by atoms with E-state index in [0.717, 1.165) is 17.5 Å². The van der Waals surface area contributed by atoms with E-state index in [1.165, 1.54) is 0 Å². The van der Waals surface area contributed by atoms with Gasteiger partial charge in [0.05, 0.1) is 11.4 Å². The van der Waals surface area contributed by atoms with Crippen molar-refractivity contribution < 1.29 is 23.1 Å². The minimum Gasteiger partial charge on any atom is -0.481 e. The van der Waals surface area contributed by atoms with Gasteiger partial charge in [-0.1, -0.05) is 0 Å². The van der Waals surface area contributed by atoms with Crippen LogP contribution >= 0.6 is 11.3 Å². The second-order valence-corrected chi connectivity index (χ2v) is 4.24. The van der Waals surface area contributed by atoms with Crippen molar-refractivity contribution in [1.82, 2.24) is 4.98 Å². The minimum absolute atomic E-state index is 0.0533. The summed E-state index contributed by atoms with van der Waals surface area (Å²) in [6.45, 7) is 1.57. The van der Waals surface area contributed by atoms with Crippen LogP contribution in [0.15, 0.2) is 6.20 Å². The van der Waals surface area contributed by atoms with Crippen LogP contribution in [0.3, 0.4) is 0 Å². The number of carbonyl (C=O) groups is 1. The van der Waals surface area contributed by atoms with Gasteiger partial charge in [0, 0.05) is 11.1 Å². The zero-order valence-corrected chi connectivity index (χ0v) is 8.52. The van der Waals surface area contributed by atoms with Crippen molar-refractivity contribution in [3.05, 3.63) is 16.1 Å². The first-order chi connectivity index (χ1) is 6.80. The average molecular weight is 239 g/mol. The number of carboxylic acids is 1. The number of aliphatic carboxylic acids is 1. The van der Waals surface area contributed by atoms with E-state index in [1.54, 1.807) is 6.92 Å². The Morgan fingerprint density at radius 2 is 2.27 bits per heavy atom. The van der Waals surface area contributed by atoms with Gasteiger partial charge < -0.3 is 5.11 Å². The smallest absolute Gasteiger partial charge is 0.397 e. The highest BCUT2D eigenvalue weighted by molar-refractivity contribution is 7.11. The number of rotatable bonds is 3. The summed E-state index contributed by atoms with van der Waals surface area (Å²) in [6, 6.07) is 0. The van der Waals surface area contributed by atoms with Gasteiger partial charge in [0.15, 0.2) is 0 Å². The number of carboxylic acid groups (broad SMARTS) is 1. The zero-order valence-electron chi connectivity index (χ0n) is 7.71. The first-order valence-corrected chi connectivity index (χ1v) is 4.83. The lowest BCUT2D eigenvalue weighted by atomic mass is 10.0. The van der Waals surface area contributed by atoms with E-state index in [1.807, 2.05) is 0 Å². The maximum absolute atomic E-state index is 12.5. The van der Waals surface area contributed by atoms with Gasteiger partial charge in [-0.15, -0.1) is 11.3 Å². The monoisotopic (exact) mass is 239 g/mol. The van der Waals surface area contributed by atoms with Crippen molar-refractivity contribution in [3.8, 4) is 0 Å². The third-order valence-corrected chi connectivity index (χ3v) is 2.78. The van der Waals surface area contributed by atoms with Crippen molar-refractivity contribution in [2.24, 2.45) is 0 Å². The summed E-state index contributed by atoms with van der Waals surface area (Å²) in [6.07, 6.45) is -4.41. The fourth-order valence-corrected chi connectivity index (χ4v) is 2.00. The molecule has 0 aliphatic heterocycles. The summed E-state index contributed by atoms with van der Waals surface area (Å²) in [5.74, 6) is -3.43. The number of aromatic nitrogens is 1. The first kappa shape index (κ1) is 12.0. The standard InChI is InChI=1S/C8H8F3NO2S/c1-4-12-3-6(15-4)5(2-7(13)14)8(9,10)11/h3,5H,2H2,1H3,(H,13,14). The summed E-state index contributed by atoms with van der Waals surface area (Å²) < 4.78 is 37.5. The number of hydrogen-bond acceptors (Lipinski definition) is 3. The van der Waals surface area contributed by atoms with Gasteiger partial charge in [-0.05, 0) is 6.92 Å². The zero-order chi connectivity index (χ0) is 11.6. The van der Waals surface area contributed by atoms with Crippen LogP contribution in [0, 0.1) is 6.92 Å². The van der Waals surface area contributed by atoms with Crippen LogP contribution in [0.25, 0.3) is 0 Å². The number of nitrogens with zero attached hydrogens (tertiary/aromatic N) is 1. The Morgan fingerprint density at radius 1 is 1.67 bits per heavy atom. The van der Waals surface area contributed by atoms with E-state index < -0.39 is 24.5 Å². The second kappa shape index (κ2) is 4.18. The van der Waals surface area contributed by atoms with E-state index >= 15 is 0 Å². The van der Waals surface area contributed by atoms with Gasteiger partial charge in [-0.25, -0.2) is 4.98 Å². The molecular formula is C8H8F3NO2S. The van der Waals surface area contributed by atoms with E-state index in [-0.39, 0.29) is 4.88 Å². The third kappa shape index (κ3) is 3.19. The molecule has 0 aromatic carbocycles. The van der Waals surface area contributed by atoms with E-state index in [4.69, 9.17) is 5.11 Å². The minimum atomic E-state index is -4.54. The van der Waals surface area contributed by atoms with Crippen LogP contribution in [0.4, 0.5) is 13.2 Å². The van der Waals surface area contributed by atoms with Gasteiger partial charge in [-0.3, -0.25) is 4.79 Å². The molecular weight excluding hydrogens is 231 g/mol. The molecule has 15 heavy (non-hydrogen) atoms. The Kier molecular flexibility index (Phi) is 3.33. The number of halogens is 3. The summed E-state index contributed by atoms with van der Waals surface area (Å²) >= 11 is 0.870. The Bertz CT molecular complexity index is 361. The molecule has 0 fully saturated rings. The van der Waals surface area contributed by atoms with Crippen molar-refractivity contribution >= 4 is 17.3 Å². The molecule has 3 nitrogen and oxygen atoms in total. The molecule has 1 aromatic rings. The molecule has 1 N–H and O–H groups in total. The van der Waals surface area contributed by atoms with Gasteiger partial charge in [0.2, 0.25) is 0 Å². The van der Waals surface area contributed by atoms with Crippen LogP contribution < -0.4 is 0 Å². The van der Waals surface area contributed by atoms with Crippen LogP contribution in [0.2, 0.25) is 0 Å². The highest BCUT2D eigenvalue weighted by Gasteiger charge is 2.43. The summed E-state index contributed by atoms with van der Waals surface area (Å²) in [5.41, 5.74) is 0. The number of thiazole rings is 1. The van der Waals surface area contributed by atoms with Crippen molar-refractivity contribution in [2.75, 3.05) is 0 Å². The molecule has 0 bridgehead atoms. The Balaban J connectivity index is 2.96. The molecule has 1 unspecified atom stereocenters. The first-order valence-electron chi connectivity index (χ1n) is 4.01. The van der Waals surface area contributed by atoms with Crippen LogP contribution in [-0.4, -0.2) is 22.2 Å². The molecule has 0 amide bonds. The number of hydrogen-bond donors (Lipinski definition) is 1. The van der Waals surface area contributed by atoms with Crippen LogP contribution in [0.1, 0.15) is 22.2 Å². The van der Waals surface area contributed by atoms with Crippen LogP contribution in [-0.2, 0) is 4.79 Å². The van der Waals surface area contributed by atoms with Crippen molar-refractivity contribution in [1.29, 1.82) is 0 Å². The Hall–Kier alpha value is -1.11. The van der Waals surface area contributed by atoms with Gasteiger partial charge >= 0.3 is 12.1 Å². The Morgan fingerprint density at radius 3 is 2.60 bits per heavy atom. The largest absolute Gasteiger partial charge is 0.481 e. The van der Waals surface area contributed by atoms with Crippen molar-refractivity contribution in [2.45, 2.75) is 25.4 Å².